The zero-order chi connectivity index (χ0) is 77.2. The number of benzene rings is 5. The van der Waals surface area contributed by atoms with Gasteiger partial charge in [-0.15, -0.1) is 26.3 Å². The van der Waals surface area contributed by atoms with E-state index in [0.29, 0.717) is 33.9 Å². The van der Waals surface area contributed by atoms with Crippen molar-refractivity contribution in [2.45, 2.75) is 157 Å². The normalized spacial score (nSPS) is 11.9. The molecule has 3 N–H and O–H groups in total. The summed E-state index contributed by atoms with van der Waals surface area (Å²) in [6, 6.07) is 36.3. The number of rotatable bonds is 31. The van der Waals surface area contributed by atoms with Crippen LogP contribution in [0.15, 0.2) is 152 Å². The summed E-state index contributed by atoms with van der Waals surface area (Å²) >= 11 is 0. The number of esters is 2. The Balaban J connectivity index is 0.000000380. The van der Waals surface area contributed by atoms with Crippen molar-refractivity contribution in [2.75, 3.05) is 50.2 Å². The number of methoxy groups -OCH3 is 2. The van der Waals surface area contributed by atoms with Crippen molar-refractivity contribution < 1.29 is 103 Å². The summed E-state index contributed by atoms with van der Waals surface area (Å²) in [4.78, 5) is 113. The van der Waals surface area contributed by atoms with Crippen LogP contribution >= 0.6 is 0 Å². The van der Waals surface area contributed by atoms with Crippen LogP contribution in [0.25, 0.3) is 22.3 Å². The summed E-state index contributed by atoms with van der Waals surface area (Å²) in [5.41, 5.74) is 3.16. The quantitative estimate of drug-likeness (QED) is 0.0207. The van der Waals surface area contributed by atoms with Crippen LogP contribution in [-0.2, 0) is 54.3 Å². The van der Waals surface area contributed by atoms with Crippen LogP contribution in [0.1, 0.15) is 140 Å². The van der Waals surface area contributed by atoms with Gasteiger partial charge in [-0.2, -0.15) is 0 Å². The number of phenolic OH excluding ortho intramolecular Hbond substituents is 1. The van der Waals surface area contributed by atoms with Gasteiger partial charge in [-0.1, -0.05) is 86.3 Å². The number of carbonyl (C=O) groups excluding carboxylic acids is 8. The summed E-state index contributed by atoms with van der Waals surface area (Å²) in [5.74, 6) is -4.54. The van der Waals surface area contributed by atoms with E-state index in [1.54, 1.807) is 121 Å². The van der Waals surface area contributed by atoms with E-state index in [1.165, 1.54) is 60.4 Å². The molecule has 0 aliphatic carbocycles. The number of nitrogens with zero attached hydrogens (tertiary/aromatic N) is 4. The van der Waals surface area contributed by atoms with Crippen molar-refractivity contribution in [2.24, 2.45) is 0 Å². The van der Waals surface area contributed by atoms with Crippen LogP contribution in [0, 0.1) is 13.8 Å². The number of aromatic nitrogens is 2. The van der Waals surface area contributed by atoms with E-state index < -0.39 is 89.0 Å². The molecule has 0 saturated heterocycles. The number of hydrogen-bond acceptors (Lipinski definition) is 18. The molecule has 22 nitrogen and oxygen atoms in total. The predicted octanol–water partition coefficient (Wildman–Crippen LogP) is 15.7. The van der Waals surface area contributed by atoms with Crippen LogP contribution in [0.3, 0.4) is 0 Å². The van der Waals surface area contributed by atoms with Crippen LogP contribution in [0.4, 0.5) is 47.6 Å². The molecule has 0 fully saturated rings. The fourth-order valence-corrected chi connectivity index (χ4v) is 10.4. The first-order valence-electron chi connectivity index (χ1n) is 33.4. The van der Waals surface area contributed by atoms with Crippen molar-refractivity contribution in [3.8, 4) is 45.3 Å². The summed E-state index contributed by atoms with van der Waals surface area (Å²) in [5, 5.41) is 14.8. The molecule has 7 aromatic rings. The minimum Gasteiger partial charge on any atom is -0.508 e. The van der Waals surface area contributed by atoms with Gasteiger partial charge in [0.2, 0.25) is 11.8 Å². The standard InChI is InChI=1S/C42H46F3N3O8.C35H40F3N3O8.CH4/c1-28-19-20-46-37(22-28)48(40(52)56-41(2,3)4)21-9-12-38(50)47-26-33(49)23-32(24-39(51)53-5)30-13-15-31(16-14-30)35-18-17-34(25-36(35)55-42(43,44)45)54-27-29-10-7-6-8-11-29;1-22-14-15-39-30(17-22)41(33(46)49-34(2,3)4)16-6-7-31(44)40-21-27(43)18-25(19-32(45)47-5)23-8-10-24(11-9-23)28-13-12-26(42)20-29(28)48-35(36,37)38;/h6-8,10-11,13-20,22,25,32H,9,12,21,23-24,26-27H2,1-5H3,(H,47,50);8-15,17,20,25,42H,6-7,16,18-19,21H2,1-5H3,(H,40,44);1H4/t32-;25-;/m00./s1. The number of anilines is 2. The van der Waals surface area contributed by atoms with Gasteiger partial charge in [-0.25, -0.2) is 19.6 Å². The topological polar surface area (TPSA) is 278 Å². The Hall–Kier alpha value is -11.1. The van der Waals surface area contributed by atoms with E-state index in [4.69, 9.17) is 23.7 Å². The largest absolute Gasteiger partial charge is 0.573 e. The number of amides is 4. The van der Waals surface area contributed by atoms with Gasteiger partial charge in [-0.05, 0) is 156 Å². The fourth-order valence-electron chi connectivity index (χ4n) is 10.4. The zero-order valence-electron chi connectivity index (χ0n) is 59.9. The Labute approximate surface area is 612 Å². The summed E-state index contributed by atoms with van der Waals surface area (Å²) in [7, 11) is 2.43. The predicted molar refractivity (Wildman–Crippen MR) is 384 cm³/mol. The number of ketones is 2. The summed E-state index contributed by atoms with van der Waals surface area (Å²) < 4.78 is 114. The molecule has 28 heteroatoms. The maximum atomic E-state index is 13.4. The third kappa shape index (κ3) is 30.0. The molecular weight excluding hydrogens is 1390 g/mol. The number of alkyl halides is 6. The highest BCUT2D eigenvalue weighted by Crippen LogP contribution is 2.40. The number of phenols is 1. The Morgan fingerprint density at radius 2 is 0.915 bits per heavy atom. The molecule has 2 aromatic heterocycles. The highest BCUT2D eigenvalue weighted by Gasteiger charge is 2.35. The van der Waals surface area contributed by atoms with Crippen molar-refractivity contribution in [3.05, 3.63) is 180 Å². The lowest BCUT2D eigenvalue weighted by Gasteiger charge is -2.27. The number of Topliss-reactive ketones (excluding diaryl/α,β-unsaturated/α-hetero) is 2. The van der Waals surface area contributed by atoms with E-state index in [9.17, 15) is 69.8 Å². The molecule has 5 aromatic carbocycles. The first-order valence-corrected chi connectivity index (χ1v) is 33.4. The lowest BCUT2D eigenvalue weighted by Crippen LogP contribution is -2.38. The minimum absolute atomic E-state index is 0. The van der Waals surface area contributed by atoms with Crippen LogP contribution in [0.5, 0.6) is 23.0 Å². The number of pyridine rings is 2. The molecule has 0 spiro atoms. The van der Waals surface area contributed by atoms with E-state index in [-0.39, 0.29) is 120 Å². The van der Waals surface area contributed by atoms with Crippen molar-refractivity contribution in [1.29, 1.82) is 0 Å². The van der Waals surface area contributed by atoms with Crippen LogP contribution in [-0.4, -0.2) is 127 Å². The van der Waals surface area contributed by atoms with Gasteiger partial charge < -0.3 is 48.9 Å². The Bertz CT molecular complexity index is 4090. The van der Waals surface area contributed by atoms with Gasteiger partial charge in [-0.3, -0.25) is 38.6 Å². The third-order valence-corrected chi connectivity index (χ3v) is 15.4. The number of halogens is 6. The fraction of sp³-hybridized carbons (Fsp3) is 0.385. The van der Waals surface area contributed by atoms with E-state index in [1.807, 2.05) is 44.2 Å². The highest BCUT2D eigenvalue weighted by molar-refractivity contribution is 5.90. The van der Waals surface area contributed by atoms with Gasteiger partial charge in [0.15, 0.2) is 11.6 Å². The first kappa shape index (κ1) is 85.6. The molecule has 2 heterocycles. The molecule has 570 valence electrons. The molecule has 2 atom stereocenters. The van der Waals surface area contributed by atoms with Crippen molar-refractivity contribution >= 4 is 59.1 Å². The average molecular weight is 1480 g/mol. The lowest BCUT2D eigenvalue weighted by atomic mass is 9.89. The molecule has 0 aliphatic rings. The SMILES string of the molecule is C.COC(=O)C[C@H](CC(=O)CNC(=O)CCCN(C(=O)OC(C)(C)C)c1cc(C)ccn1)c1ccc(-c2ccc(O)cc2OC(F)(F)F)cc1.COC(=O)C[C@H](CC(=O)CNC(=O)CCCN(C(=O)OC(C)(C)C)c1cc(C)ccn1)c1ccc(-c2ccc(OCc3ccccc3)cc2OC(F)(F)F)cc1. The van der Waals surface area contributed by atoms with Crippen LogP contribution in [0.2, 0.25) is 0 Å². The number of hydrogen-bond donors (Lipinski definition) is 3. The molecule has 0 saturated carbocycles. The van der Waals surface area contributed by atoms with Gasteiger partial charge in [0.1, 0.15) is 52.4 Å². The Morgan fingerprint density at radius 1 is 0.509 bits per heavy atom. The second kappa shape index (κ2) is 39.7. The number of nitrogens with one attached hydrogen (secondary N) is 2. The molecule has 0 aliphatic heterocycles. The Kier molecular flexibility index (Phi) is 32.1. The summed E-state index contributed by atoms with van der Waals surface area (Å²) in [6.07, 6.45) is -8.08. The molecule has 4 amide bonds. The van der Waals surface area contributed by atoms with Crippen molar-refractivity contribution in [1.82, 2.24) is 20.6 Å². The molecule has 0 bridgehead atoms. The second-order valence-electron chi connectivity index (χ2n) is 26.3. The van der Waals surface area contributed by atoms with Gasteiger partial charge >= 0.3 is 36.8 Å². The van der Waals surface area contributed by atoms with Crippen LogP contribution < -0.4 is 34.6 Å². The first-order chi connectivity index (χ1) is 49.4. The minimum atomic E-state index is -4.98. The molecular formula is C78H90F6N6O16. The number of aromatic hydroxyl groups is 1. The maximum absolute atomic E-state index is 13.4. The highest BCUT2D eigenvalue weighted by atomic mass is 19.4. The monoisotopic (exact) mass is 1480 g/mol. The molecule has 7 rings (SSSR count). The van der Waals surface area contributed by atoms with E-state index >= 15 is 0 Å². The zero-order valence-corrected chi connectivity index (χ0v) is 59.9. The number of aryl methyl sites for hydroxylation is 2. The molecule has 0 unspecified atom stereocenters. The van der Waals surface area contributed by atoms with E-state index in [0.717, 1.165) is 22.8 Å². The lowest BCUT2D eigenvalue weighted by molar-refractivity contribution is -0.275. The smallest absolute Gasteiger partial charge is 0.508 e. The third-order valence-electron chi connectivity index (χ3n) is 15.4. The second-order valence-corrected chi connectivity index (χ2v) is 26.3. The van der Waals surface area contributed by atoms with Gasteiger partial charge in [0, 0.05) is 86.3 Å². The molecule has 0 radical (unpaired) electrons. The summed E-state index contributed by atoms with van der Waals surface area (Å²) in [6.45, 7) is 14.0. The van der Waals surface area contributed by atoms with Crippen molar-refractivity contribution in [3.63, 3.8) is 0 Å². The Morgan fingerprint density at radius 3 is 1.30 bits per heavy atom. The molecule has 106 heavy (non-hydrogen) atoms. The number of ether oxygens (including phenoxy) is 7. The average Bonchev–Trinajstić information content (AvgIpc) is 0.810. The van der Waals surface area contributed by atoms with Gasteiger partial charge in [0.05, 0.1) is 40.2 Å². The van der Waals surface area contributed by atoms with E-state index in [2.05, 4.69) is 30.1 Å². The van der Waals surface area contributed by atoms with Gasteiger partial charge in [0.25, 0.3) is 0 Å². The maximum Gasteiger partial charge on any atom is 0.573 e. The number of carbonyl (C=O) groups is 8.